The molecule has 1 aromatic carbocycles. The van der Waals surface area contributed by atoms with E-state index < -0.39 is 0 Å². The normalized spacial score (nSPS) is 13.0. The molecule has 2 N–H and O–H groups in total. The number of fused-ring (bicyclic) bond motifs is 1. The van der Waals surface area contributed by atoms with Crippen molar-refractivity contribution in [1.82, 2.24) is 9.55 Å². The molecule has 0 aliphatic rings. The summed E-state index contributed by atoms with van der Waals surface area (Å²) < 4.78 is 2.02. The van der Waals surface area contributed by atoms with Crippen LogP contribution in [0.2, 0.25) is 5.02 Å². The third-order valence-corrected chi connectivity index (χ3v) is 4.12. The van der Waals surface area contributed by atoms with E-state index in [1.807, 2.05) is 22.8 Å². The van der Waals surface area contributed by atoms with Crippen LogP contribution in [0.4, 0.5) is 5.95 Å². The molecule has 5 heteroatoms. The number of nitrogens with two attached hydrogens (primary N) is 1. The Morgan fingerprint density at radius 2 is 2.22 bits per heavy atom. The van der Waals surface area contributed by atoms with Gasteiger partial charge in [0.05, 0.1) is 16.6 Å². The van der Waals surface area contributed by atoms with Gasteiger partial charge in [-0.25, -0.2) is 4.98 Å². The van der Waals surface area contributed by atoms with Gasteiger partial charge in [-0.3, -0.25) is 0 Å². The van der Waals surface area contributed by atoms with Crippen LogP contribution in [0, 0.1) is 0 Å². The predicted octanol–water partition coefficient (Wildman–Crippen LogP) is 3.94. The lowest BCUT2D eigenvalue weighted by Crippen LogP contribution is -2.09. The smallest absolute Gasteiger partial charge is 0.201 e. The van der Waals surface area contributed by atoms with Crippen molar-refractivity contribution in [3.8, 4) is 0 Å². The Balaban J connectivity index is 2.23. The van der Waals surface area contributed by atoms with Gasteiger partial charge in [-0.1, -0.05) is 17.7 Å². The largest absolute Gasteiger partial charge is 0.369 e. The van der Waals surface area contributed by atoms with Gasteiger partial charge >= 0.3 is 0 Å². The van der Waals surface area contributed by atoms with Crippen molar-refractivity contribution in [2.75, 3.05) is 5.73 Å². The molecular weight excluding hydrogens is 266 g/mol. The standard InChI is InChI=1S/C13H12ClN3S/c1-8(9-5-6-18-7-9)17-11-4-2-3-10(14)12(11)16-13(17)15/h2-8H,1H3,(H2,15,16). The first-order chi connectivity index (χ1) is 8.68. The van der Waals surface area contributed by atoms with Crippen molar-refractivity contribution in [1.29, 1.82) is 0 Å². The molecule has 2 aromatic heterocycles. The molecule has 3 nitrogen and oxygen atoms in total. The molecule has 18 heavy (non-hydrogen) atoms. The minimum Gasteiger partial charge on any atom is -0.369 e. The van der Waals surface area contributed by atoms with Crippen molar-refractivity contribution in [2.45, 2.75) is 13.0 Å². The first kappa shape index (κ1) is 11.6. The van der Waals surface area contributed by atoms with Crippen molar-refractivity contribution in [3.05, 3.63) is 45.6 Å². The van der Waals surface area contributed by atoms with Crippen LogP contribution in [0.1, 0.15) is 18.5 Å². The summed E-state index contributed by atoms with van der Waals surface area (Å²) in [6, 6.07) is 8.00. The quantitative estimate of drug-likeness (QED) is 0.771. The molecule has 92 valence electrons. The lowest BCUT2D eigenvalue weighted by atomic mass is 10.1. The number of nitrogen functional groups attached to an aromatic ring is 1. The molecule has 1 atom stereocenters. The van der Waals surface area contributed by atoms with Gasteiger partial charge in [0, 0.05) is 0 Å². The van der Waals surface area contributed by atoms with Crippen LogP contribution < -0.4 is 5.73 Å². The van der Waals surface area contributed by atoms with Crippen LogP contribution >= 0.6 is 22.9 Å². The minimum absolute atomic E-state index is 0.153. The molecule has 0 fully saturated rings. The molecule has 0 bridgehead atoms. The van der Waals surface area contributed by atoms with Gasteiger partial charge < -0.3 is 10.3 Å². The third-order valence-electron chi connectivity index (χ3n) is 3.11. The fraction of sp³-hybridized carbons (Fsp3) is 0.154. The number of aromatic nitrogens is 2. The van der Waals surface area contributed by atoms with Gasteiger partial charge in [0.15, 0.2) is 0 Å². The number of para-hydroxylation sites is 1. The van der Waals surface area contributed by atoms with Crippen LogP contribution in [0.3, 0.4) is 0 Å². The Hall–Kier alpha value is -1.52. The molecule has 0 saturated heterocycles. The topological polar surface area (TPSA) is 43.8 Å². The van der Waals surface area contributed by atoms with Crippen LogP contribution in [0.5, 0.6) is 0 Å². The van der Waals surface area contributed by atoms with Gasteiger partial charge in [-0.2, -0.15) is 11.3 Å². The average Bonchev–Trinajstić information content (AvgIpc) is 2.96. The zero-order chi connectivity index (χ0) is 12.7. The monoisotopic (exact) mass is 277 g/mol. The summed E-state index contributed by atoms with van der Waals surface area (Å²) in [5.74, 6) is 0.497. The van der Waals surface area contributed by atoms with Gasteiger partial charge in [0.1, 0.15) is 5.52 Å². The maximum atomic E-state index is 6.14. The predicted molar refractivity (Wildman–Crippen MR) is 77.3 cm³/mol. The molecule has 3 aromatic rings. The molecule has 0 spiro atoms. The van der Waals surface area contributed by atoms with Gasteiger partial charge in [-0.05, 0) is 41.4 Å². The van der Waals surface area contributed by atoms with E-state index >= 15 is 0 Å². The molecular formula is C13H12ClN3S. The number of benzene rings is 1. The van der Waals surface area contributed by atoms with E-state index in [1.165, 1.54) is 5.56 Å². The zero-order valence-electron chi connectivity index (χ0n) is 9.80. The Kier molecular flexibility index (Phi) is 2.76. The summed E-state index contributed by atoms with van der Waals surface area (Å²) in [5.41, 5.74) is 8.99. The summed E-state index contributed by atoms with van der Waals surface area (Å²) in [6.45, 7) is 2.11. The first-order valence-corrected chi connectivity index (χ1v) is 6.94. The Morgan fingerprint density at radius 1 is 1.39 bits per heavy atom. The highest BCUT2D eigenvalue weighted by molar-refractivity contribution is 7.07. The Morgan fingerprint density at radius 3 is 2.94 bits per heavy atom. The van der Waals surface area contributed by atoms with Crippen molar-refractivity contribution in [2.24, 2.45) is 0 Å². The number of thiophene rings is 1. The number of imidazole rings is 1. The van der Waals surface area contributed by atoms with E-state index in [-0.39, 0.29) is 6.04 Å². The summed E-state index contributed by atoms with van der Waals surface area (Å²) >= 11 is 7.82. The number of hydrogen-bond donors (Lipinski definition) is 1. The lowest BCUT2D eigenvalue weighted by Gasteiger charge is -2.14. The van der Waals surface area contributed by atoms with Crippen molar-refractivity contribution >= 4 is 39.9 Å². The van der Waals surface area contributed by atoms with Gasteiger partial charge in [0.25, 0.3) is 0 Å². The Labute approximate surface area is 114 Å². The zero-order valence-corrected chi connectivity index (χ0v) is 11.4. The highest BCUT2D eigenvalue weighted by Crippen LogP contribution is 2.31. The maximum absolute atomic E-state index is 6.14. The van der Waals surface area contributed by atoms with E-state index in [9.17, 15) is 0 Å². The molecule has 2 heterocycles. The average molecular weight is 278 g/mol. The second-order valence-corrected chi connectivity index (χ2v) is 5.37. The van der Waals surface area contributed by atoms with E-state index in [0.717, 1.165) is 11.0 Å². The number of anilines is 1. The van der Waals surface area contributed by atoms with Gasteiger partial charge in [-0.15, -0.1) is 0 Å². The molecule has 0 aliphatic heterocycles. The number of hydrogen-bond acceptors (Lipinski definition) is 3. The third kappa shape index (κ3) is 1.69. The summed E-state index contributed by atoms with van der Waals surface area (Å²) in [6.07, 6.45) is 0. The van der Waals surface area contributed by atoms with Crippen molar-refractivity contribution < 1.29 is 0 Å². The summed E-state index contributed by atoms with van der Waals surface area (Å²) in [5, 5.41) is 4.82. The Bertz CT molecular complexity index is 688. The molecule has 0 saturated carbocycles. The molecule has 3 rings (SSSR count). The second kappa shape index (κ2) is 4.30. The number of nitrogens with zero attached hydrogens (tertiary/aromatic N) is 2. The minimum atomic E-state index is 0.153. The highest BCUT2D eigenvalue weighted by Gasteiger charge is 2.16. The number of halogens is 1. The highest BCUT2D eigenvalue weighted by atomic mass is 35.5. The summed E-state index contributed by atoms with van der Waals surface area (Å²) in [7, 11) is 0. The fourth-order valence-electron chi connectivity index (χ4n) is 2.17. The van der Waals surface area contributed by atoms with E-state index in [1.54, 1.807) is 11.3 Å². The van der Waals surface area contributed by atoms with Crippen LogP contribution in [-0.4, -0.2) is 9.55 Å². The van der Waals surface area contributed by atoms with Crippen molar-refractivity contribution in [3.63, 3.8) is 0 Å². The summed E-state index contributed by atoms with van der Waals surface area (Å²) in [4.78, 5) is 4.36. The molecule has 0 amide bonds. The molecule has 0 radical (unpaired) electrons. The number of rotatable bonds is 2. The molecule has 1 unspecified atom stereocenters. The maximum Gasteiger partial charge on any atom is 0.201 e. The first-order valence-electron chi connectivity index (χ1n) is 5.62. The van der Waals surface area contributed by atoms with E-state index in [4.69, 9.17) is 17.3 Å². The van der Waals surface area contributed by atoms with Crippen LogP contribution in [0.15, 0.2) is 35.0 Å². The van der Waals surface area contributed by atoms with Crippen LogP contribution in [0.25, 0.3) is 11.0 Å². The van der Waals surface area contributed by atoms with E-state index in [2.05, 4.69) is 28.7 Å². The van der Waals surface area contributed by atoms with Crippen LogP contribution in [-0.2, 0) is 0 Å². The van der Waals surface area contributed by atoms with E-state index in [0.29, 0.717) is 11.0 Å². The molecule has 0 aliphatic carbocycles. The fourth-order valence-corrected chi connectivity index (χ4v) is 3.13. The SMILES string of the molecule is CC(c1ccsc1)n1c(N)nc2c(Cl)cccc21. The van der Waals surface area contributed by atoms with Gasteiger partial charge in [0.2, 0.25) is 5.95 Å². The second-order valence-electron chi connectivity index (χ2n) is 4.18. The lowest BCUT2D eigenvalue weighted by molar-refractivity contribution is 0.670.